The Morgan fingerprint density at radius 1 is 1.17 bits per heavy atom. The van der Waals surface area contributed by atoms with E-state index in [0.717, 1.165) is 15.8 Å². The molecule has 1 atom stereocenters. The van der Waals surface area contributed by atoms with E-state index in [2.05, 4.69) is 5.32 Å². The first kappa shape index (κ1) is 17.7. The zero-order valence-corrected chi connectivity index (χ0v) is 14.8. The van der Waals surface area contributed by atoms with Crippen molar-refractivity contribution in [1.29, 1.82) is 0 Å². The number of hydrogen-bond donors (Lipinski definition) is 2. The topological polar surface area (TPSA) is 58.6 Å². The Kier molecular flexibility index (Phi) is 7.30. The van der Waals surface area contributed by atoms with Crippen LogP contribution in [0.4, 0.5) is 0 Å². The van der Waals surface area contributed by atoms with Crippen molar-refractivity contribution in [3.8, 4) is 5.75 Å². The fourth-order valence-electron chi connectivity index (χ4n) is 2.08. The Bertz CT molecular complexity index is 601. The maximum atomic E-state index is 12.0. The quantitative estimate of drug-likeness (QED) is 0.643. The second kappa shape index (κ2) is 9.48. The summed E-state index contributed by atoms with van der Waals surface area (Å²) < 4.78 is 6.30. The molecule has 0 radical (unpaired) electrons. The minimum atomic E-state index is -0.399. The number of ketones is 1. The maximum absolute atomic E-state index is 12.0. The van der Waals surface area contributed by atoms with Crippen LogP contribution in [0.5, 0.6) is 5.75 Å². The average molecular weight is 378 g/mol. The summed E-state index contributed by atoms with van der Waals surface area (Å²) in [5.41, 5.74) is 1.13. The van der Waals surface area contributed by atoms with Gasteiger partial charge in [-0.3, -0.25) is 0 Å². The Labute approximate surface area is 143 Å². The van der Waals surface area contributed by atoms with E-state index < -0.39 is 6.61 Å². The molecule has 0 aliphatic heterocycles. The first-order valence-corrected chi connectivity index (χ1v) is 9.26. The summed E-state index contributed by atoms with van der Waals surface area (Å²) in [6.07, 6.45) is 0. The van der Waals surface area contributed by atoms with E-state index in [1.54, 1.807) is 7.11 Å². The molecule has 0 saturated heterocycles. The number of aliphatic hydroxyl groups excluding tert-OH is 1. The van der Waals surface area contributed by atoms with Crippen LogP contribution in [0.3, 0.4) is 0 Å². The van der Waals surface area contributed by atoms with Gasteiger partial charge in [-0.25, -0.2) is 0 Å². The van der Waals surface area contributed by atoms with Crippen molar-refractivity contribution in [2.24, 2.45) is 0 Å². The number of rotatable bonds is 9. The SMILES string of the molecule is COc1ccc(CNCC([Se]c2ccccc2)C(=O)CO)cc1. The molecule has 2 N–H and O–H groups in total. The van der Waals surface area contributed by atoms with Gasteiger partial charge in [-0.05, 0) is 0 Å². The summed E-state index contributed by atoms with van der Waals surface area (Å²) in [6, 6.07) is 17.8. The number of hydrogen-bond acceptors (Lipinski definition) is 4. The second-order valence-corrected chi connectivity index (χ2v) is 7.70. The summed E-state index contributed by atoms with van der Waals surface area (Å²) in [5, 5.41) is 12.5. The Hall–Kier alpha value is -1.65. The normalized spacial score (nSPS) is 11.9. The zero-order chi connectivity index (χ0) is 16.5. The first-order valence-electron chi connectivity index (χ1n) is 7.42. The number of Topliss-reactive ketones (excluding diaryl/α,β-unsaturated/α-hetero) is 1. The fraction of sp³-hybridized carbons (Fsp3) is 0.278. The Morgan fingerprint density at radius 2 is 1.87 bits per heavy atom. The van der Waals surface area contributed by atoms with Crippen LogP contribution >= 0.6 is 0 Å². The summed E-state index contributed by atoms with van der Waals surface area (Å²) in [6.45, 7) is 0.855. The number of ether oxygens (including phenoxy) is 1. The van der Waals surface area contributed by atoms with Crippen molar-refractivity contribution < 1.29 is 14.6 Å². The number of carbonyl (C=O) groups is 1. The molecule has 23 heavy (non-hydrogen) atoms. The van der Waals surface area contributed by atoms with Crippen molar-refractivity contribution in [1.82, 2.24) is 5.32 Å². The summed E-state index contributed by atoms with van der Waals surface area (Å²) in [4.78, 5) is 11.8. The molecule has 0 amide bonds. The summed E-state index contributed by atoms with van der Waals surface area (Å²) >= 11 is 0.00792. The predicted octanol–water partition coefficient (Wildman–Crippen LogP) is 1.16. The molecule has 2 aromatic rings. The van der Waals surface area contributed by atoms with E-state index in [9.17, 15) is 9.90 Å². The van der Waals surface area contributed by atoms with Gasteiger partial charge < -0.3 is 0 Å². The van der Waals surface area contributed by atoms with Crippen LogP contribution in [0.2, 0.25) is 4.82 Å². The van der Waals surface area contributed by atoms with Crippen molar-refractivity contribution >= 4 is 25.2 Å². The van der Waals surface area contributed by atoms with E-state index in [4.69, 9.17) is 4.74 Å². The molecule has 0 aliphatic rings. The van der Waals surface area contributed by atoms with Gasteiger partial charge in [0.05, 0.1) is 0 Å². The van der Waals surface area contributed by atoms with Crippen molar-refractivity contribution in [3.05, 3.63) is 60.2 Å². The Balaban J connectivity index is 1.88. The molecule has 0 aromatic heterocycles. The van der Waals surface area contributed by atoms with E-state index >= 15 is 0 Å². The van der Waals surface area contributed by atoms with Gasteiger partial charge in [-0.15, -0.1) is 0 Å². The summed E-state index contributed by atoms with van der Waals surface area (Å²) in [5.74, 6) is 0.727. The molecule has 0 spiro atoms. The zero-order valence-electron chi connectivity index (χ0n) is 13.1. The van der Waals surface area contributed by atoms with E-state index in [1.807, 2.05) is 54.6 Å². The van der Waals surface area contributed by atoms with E-state index in [1.165, 1.54) is 0 Å². The van der Waals surface area contributed by atoms with Gasteiger partial charge in [0.2, 0.25) is 0 Å². The van der Waals surface area contributed by atoms with Crippen LogP contribution in [0.25, 0.3) is 0 Å². The predicted molar refractivity (Wildman–Crippen MR) is 92.4 cm³/mol. The van der Waals surface area contributed by atoms with Crippen LogP contribution in [-0.2, 0) is 11.3 Å². The summed E-state index contributed by atoms with van der Waals surface area (Å²) in [7, 11) is 1.64. The number of methoxy groups -OCH3 is 1. The van der Waals surface area contributed by atoms with E-state index in [-0.39, 0.29) is 25.6 Å². The molecule has 0 heterocycles. The fourth-order valence-corrected chi connectivity index (χ4v) is 4.28. The Morgan fingerprint density at radius 3 is 2.48 bits per heavy atom. The van der Waals surface area contributed by atoms with Gasteiger partial charge in [-0.1, -0.05) is 0 Å². The van der Waals surface area contributed by atoms with Crippen LogP contribution < -0.4 is 14.5 Å². The van der Waals surface area contributed by atoms with Crippen molar-refractivity contribution in [2.75, 3.05) is 20.3 Å². The molecule has 0 fully saturated rings. The number of nitrogens with one attached hydrogen (secondary N) is 1. The molecular weight excluding hydrogens is 357 g/mol. The van der Waals surface area contributed by atoms with Crippen molar-refractivity contribution in [2.45, 2.75) is 11.4 Å². The molecule has 0 bridgehead atoms. The number of aliphatic hydroxyl groups is 1. The van der Waals surface area contributed by atoms with Crippen LogP contribution in [-0.4, -0.2) is 46.1 Å². The van der Waals surface area contributed by atoms with Crippen LogP contribution in [0.1, 0.15) is 5.56 Å². The van der Waals surface area contributed by atoms with Crippen LogP contribution in [0, 0.1) is 0 Å². The van der Waals surface area contributed by atoms with Gasteiger partial charge in [0.15, 0.2) is 0 Å². The van der Waals surface area contributed by atoms with Crippen molar-refractivity contribution in [3.63, 3.8) is 0 Å². The molecule has 5 heteroatoms. The average Bonchev–Trinajstić information content (AvgIpc) is 2.61. The molecule has 122 valence electrons. The van der Waals surface area contributed by atoms with Gasteiger partial charge in [0.1, 0.15) is 0 Å². The second-order valence-electron chi connectivity index (χ2n) is 5.02. The molecule has 2 aromatic carbocycles. The van der Waals surface area contributed by atoms with Gasteiger partial charge in [0.25, 0.3) is 0 Å². The third-order valence-corrected chi connectivity index (χ3v) is 5.99. The number of benzene rings is 2. The monoisotopic (exact) mass is 379 g/mol. The standard InChI is InChI=1S/C18H21NO3Se/c1-22-15-9-7-14(8-10-15)11-19-12-18(17(21)13-20)23-16-5-3-2-4-6-16/h2-10,18-20H,11-13H2,1H3. The van der Waals surface area contributed by atoms with E-state index in [0.29, 0.717) is 13.1 Å². The molecule has 4 nitrogen and oxygen atoms in total. The molecule has 1 unspecified atom stereocenters. The minimum absolute atomic E-state index is 0.00792. The van der Waals surface area contributed by atoms with Crippen LogP contribution in [0.15, 0.2) is 54.6 Å². The van der Waals surface area contributed by atoms with Gasteiger partial charge in [-0.2, -0.15) is 0 Å². The molecule has 0 saturated carbocycles. The van der Waals surface area contributed by atoms with Gasteiger partial charge in [0, 0.05) is 0 Å². The molecular formula is C18H21NO3Se. The first-order chi connectivity index (χ1) is 11.2. The number of carbonyl (C=O) groups excluding carboxylic acids is 1. The third kappa shape index (κ3) is 5.81. The molecule has 0 aliphatic carbocycles. The van der Waals surface area contributed by atoms with Gasteiger partial charge >= 0.3 is 143 Å². The third-order valence-electron chi connectivity index (χ3n) is 3.35. The molecule has 2 rings (SSSR count).